The van der Waals surface area contributed by atoms with E-state index in [1.54, 1.807) is 18.3 Å². The molecule has 0 aliphatic rings. The molecule has 0 saturated carbocycles. The first-order valence-electron chi connectivity index (χ1n) is 9.08. The van der Waals surface area contributed by atoms with Crippen molar-refractivity contribution in [1.82, 2.24) is 24.7 Å². The summed E-state index contributed by atoms with van der Waals surface area (Å²) in [6, 6.07) is 16.2. The zero-order chi connectivity index (χ0) is 20.4. The Hall–Kier alpha value is -3.39. The summed E-state index contributed by atoms with van der Waals surface area (Å²) in [5.41, 5.74) is 4.70. The Balaban J connectivity index is 1.66. The number of hydrogen-bond donors (Lipinski definition) is 1. The number of nitrogens with zero attached hydrogens (tertiary/aromatic N) is 5. The monoisotopic (exact) mass is 406 g/mol. The summed E-state index contributed by atoms with van der Waals surface area (Å²) in [4.78, 5) is 0. The third kappa shape index (κ3) is 3.93. The lowest BCUT2D eigenvalue weighted by molar-refractivity contribution is 0.628. The Kier molecular flexibility index (Phi) is 5.18. The average Bonchev–Trinajstić information content (AvgIpc) is 3.21. The number of hydrogen-bond acceptors (Lipinski definition) is 4. The molecule has 1 N–H and O–H groups in total. The van der Waals surface area contributed by atoms with E-state index in [1.165, 1.54) is 22.4 Å². The molecule has 6 nitrogen and oxygen atoms in total. The summed E-state index contributed by atoms with van der Waals surface area (Å²) >= 11 is 5.31. The molecule has 2 aromatic heterocycles. The van der Waals surface area contributed by atoms with Crippen molar-refractivity contribution in [3.63, 3.8) is 0 Å². The van der Waals surface area contributed by atoms with E-state index >= 15 is 0 Å². The van der Waals surface area contributed by atoms with Crippen LogP contribution >= 0.6 is 12.2 Å². The predicted octanol–water partition coefficient (Wildman–Crippen LogP) is 4.49. The topological polar surface area (TPSA) is 63.8 Å². The van der Waals surface area contributed by atoms with Crippen molar-refractivity contribution in [2.24, 2.45) is 5.10 Å². The molecule has 8 heteroatoms. The maximum Gasteiger partial charge on any atom is 0.216 e. The zero-order valence-electron chi connectivity index (χ0n) is 16.0. The predicted molar refractivity (Wildman–Crippen MR) is 113 cm³/mol. The van der Waals surface area contributed by atoms with E-state index in [0.29, 0.717) is 22.7 Å². The van der Waals surface area contributed by atoms with Gasteiger partial charge in [0.15, 0.2) is 5.82 Å². The highest BCUT2D eigenvalue weighted by Crippen LogP contribution is 2.18. The van der Waals surface area contributed by atoms with Crippen molar-refractivity contribution in [3.05, 3.63) is 87.7 Å². The third-order valence-corrected chi connectivity index (χ3v) is 4.93. The molecule has 29 heavy (non-hydrogen) atoms. The summed E-state index contributed by atoms with van der Waals surface area (Å²) in [5, 5.41) is 16.1. The van der Waals surface area contributed by atoms with Gasteiger partial charge in [0.25, 0.3) is 0 Å². The number of H-pyrrole nitrogens is 1. The molecule has 4 rings (SSSR count). The Bertz CT molecular complexity index is 1220. The largest absolute Gasteiger partial charge is 0.265 e. The van der Waals surface area contributed by atoms with E-state index in [9.17, 15) is 4.39 Å². The minimum Gasteiger partial charge on any atom is -0.265 e. The quantitative estimate of drug-likeness (QED) is 0.392. The summed E-state index contributed by atoms with van der Waals surface area (Å²) in [6.45, 7) is 4.65. The summed E-state index contributed by atoms with van der Waals surface area (Å²) in [6.07, 6.45) is 1.73. The SMILES string of the molecule is Cc1nn(Cc2ccccc2)c(C)c1/C=N\n1c(-c2ccc(F)cc2)n[nH]c1=S. The Morgan fingerprint density at radius 3 is 2.55 bits per heavy atom. The van der Waals surface area contributed by atoms with Crippen LogP contribution in [0.5, 0.6) is 0 Å². The van der Waals surface area contributed by atoms with E-state index in [0.717, 1.165) is 17.0 Å². The smallest absolute Gasteiger partial charge is 0.216 e. The van der Waals surface area contributed by atoms with Crippen LogP contribution in [0.1, 0.15) is 22.5 Å². The van der Waals surface area contributed by atoms with E-state index < -0.39 is 0 Å². The minimum atomic E-state index is -0.310. The zero-order valence-corrected chi connectivity index (χ0v) is 16.8. The summed E-state index contributed by atoms with van der Waals surface area (Å²) in [7, 11) is 0. The van der Waals surface area contributed by atoms with Crippen LogP contribution in [-0.4, -0.2) is 30.9 Å². The number of aryl methyl sites for hydroxylation is 1. The van der Waals surface area contributed by atoms with Gasteiger partial charge in [-0.2, -0.15) is 20.0 Å². The number of nitrogens with one attached hydrogen (secondary N) is 1. The first-order valence-corrected chi connectivity index (χ1v) is 9.49. The van der Waals surface area contributed by atoms with Crippen molar-refractivity contribution < 1.29 is 4.39 Å². The van der Waals surface area contributed by atoms with E-state index in [2.05, 4.69) is 32.5 Å². The molecule has 2 heterocycles. The second-order valence-corrected chi connectivity index (χ2v) is 7.03. The Labute approximate surface area is 172 Å². The van der Waals surface area contributed by atoms with Crippen LogP contribution in [0.15, 0.2) is 59.7 Å². The minimum absolute atomic E-state index is 0.310. The molecule has 0 aliphatic heterocycles. The normalized spacial score (nSPS) is 11.4. The fourth-order valence-corrected chi connectivity index (χ4v) is 3.29. The maximum atomic E-state index is 13.2. The number of benzene rings is 2. The van der Waals surface area contributed by atoms with Gasteiger partial charge in [-0.05, 0) is 55.9 Å². The standard InChI is InChI=1S/C21H19FN6S/c1-14-19(15(2)27(26-14)13-16-6-4-3-5-7-16)12-23-28-20(24-25-21(28)29)17-8-10-18(22)11-9-17/h3-12H,13H2,1-2H3,(H,25,29)/b23-12-. The number of halogens is 1. The molecular formula is C21H19FN6S. The summed E-state index contributed by atoms with van der Waals surface area (Å²) in [5.74, 6) is 0.202. The lowest BCUT2D eigenvalue weighted by Gasteiger charge is -2.04. The summed E-state index contributed by atoms with van der Waals surface area (Å²) < 4.78 is 17.1. The Morgan fingerprint density at radius 2 is 1.83 bits per heavy atom. The van der Waals surface area contributed by atoms with Gasteiger partial charge in [-0.25, -0.2) is 9.49 Å². The fraction of sp³-hybridized carbons (Fsp3) is 0.143. The van der Waals surface area contributed by atoms with Gasteiger partial charge in [0.05, 0.1) is 18.5 Å². The van der Waals surface area contributed by atoms with Gasteiger partial charge in [0, 0.05) is 16.8 Å². The molecule has 0 saturated heterocycles. The van der Waals surface area contributed by atoms with Crippen molar-refractivity contribution in [2.45, 2.75) is 20.4 Å². The molecule has 0 unspecified atom stereocenters. The van der Waals surface area contributed by atoms with Crippen LogP contribution in [0.3, 0.4) is 0 Å². The second kappa shape index (κ2) is 7.92. The van der Waals surface area contributed by atoms with Gasteiger partial charge < -0.3 is 0 Å². The van der Waals surface area contributed by atoms with Crippen molar-refractivity contribution in [3.8, 4) is 11.4 Å². The van der Waals surface area contributed by atoms with Crippen LogP contribution in [0.2, 0.25) is 0 Å². The molecule has 0 amide bonds. The lowest BCUT2D eigenvalue weighted by atomic mass is 10.2. The highest BCUT2D eigenvalue weighted by Gasteiger charge is 2.12. The van der Waals surface area contributed by atoms with Gasteiger partial charge in [-0.15, -0.1) is 0 Å². The van der Waals surface area contributed by atoms with Gasteiger partial charge in [-0.3, -0.25) is 4.68 Å². The van der Waals surface area contributed by atoms with Gasteiger partial charge in [0.1, 0.15) is 5.82 Å². The molecule has 0 bridgehead atoms. The number of rotatable bonds is 5. The molecular weight excluding hydrogens is 387 g/mol. The van der Waals surface area contributed by atoms with Gasteiger partial charge >= 0.3 is 0 Å². The van der Waals surface area contributed by atoms with Crippen LogP contribution in [-0.2, 0) is 6.54 Å². The maximum absolute atomic E-state index is 13.2. The molecule has 146 valence electrons. The molecule has 0 spiro atoms. The molecule has 0 aliphatic carbocycles. The molecule has 0 fully saturated rings. The van der Waals surface area contributed by atoms with E-state index in [-0.39, 0.29) is 5.82 Å². The third-order valence-electron chi connectivity index (χ3n) is 4.67. The van der Waals surface area contributed by atoms with Crippen LogP contribution in [0.4, 0.5) is 4.39 Å². The molecule has 0 radical (unpaired) electrons. The van der Waals surface area contributed by atoms with Gasteiger partial charge in [-0.1, -0.05) is 30.3 Å². The van der Waals surface area contributed by atoms with Crippen molar-refractivity contribution in [1.29, 1.82) is 0 Å². The van der Waals surface area contributed by atoms with E-state index in [4.69, 9.17) is 12.2 Å². The lowest BCUT2D eigenvalue weighted by Crippen LogP contribution is -2.04. The molecule has 0 atom stereocenters. The van der Waals surface area contributed by atoms with Gasteiger partial charge in [0.2, 0.25) is 4.77 Å². The number of aromatic nitrogens is 5. The highest BCUT2D eigenvalue weighted by molar-refractivity contribution is 7.71. The average molecular weight is 406 g/mol. The first-order chi connectivity index (χ1) is 14.0. The van der Waals surface area contributed by atoms with Crippen molar-refractivity contribution >= 4 is 18.4 Å². The van der Waals surface area contributed by atoms with Crippen LogP contribution < -0.4 is 0 Å². The Morgan fingerprint density at radius 1 is 1.10 bits per heavy atom. The molecule has 4 aromatic rings. The van der Waals surface area contributed by atoms with Crippen LogP contribution in [0.25, 0.3) is 11.4 Å². The second-order valence-electron chi connectivity index (χ2n) is 6.64. The molecule has 2 aromatic carbocycles. The first kappa shape index (κ1) is 18.9. The van der Waals surface area contributed by atoms with Crippen LogP contribution in [0, 0.1) is 24.4 Å². The highest BCUT2D eigenvalue weighted by atomic mass is 32.1. The fourth-order valence-electron chi connectivity index (χ4n) is 3.11. The van der Waals surface area contributed by atoms with E-state index in [1.807, 2.05) is 36.7 Å². The van der Waals surface area contributed by atoms with Crippen molar-refractivity contribution in [2.75, 3.05) is 0 Å². The number of aromatic amines is 1.